The largest absolute Gasteiger partial charge is 0.391 e. The first kappa shape index (κ1) is 9.13. The Balaban J connectivity index is 1.75. The van der Waals surface area contributed by atoms with Gasteiger partial charge in [0, 0.05) is 6.42 Å². The van der Waals surface area contributed by atoms with Gasteiger partial charge in [0.05, 0.1) is 24.4 Å². The molecule has 0 saturated carbocycles. The molecule has 0 spiro atoms. The molecule has 2 bridgehead atoms. The molecule has 0 aromatic rings. The van der Waals surface area contributed by atoms with Crippen LogP contribution in [0.3, 0.4) is 0 Å². The molecule has 1 N–H and O–H groups in total. The van der Waals surface area contributed by atoms with Crippen LogP contribution in [0.5, 0.6) is 0 Å². The molecule has 80 valence electrons. The van der Waals surface area contributed by atoms with Crippen molar-refractivity contribution < 1.29 is 9.84 Å². The van der Waals surface area contributed by atoms with E-state index in [-0.39, 0.29) is 6.10 Å². The predicted octanol–water partition coefficient (Wildman–Crippen LogP) is 0.763. The van der Waals surface area contributed by atoms with E-state index in [1.165, 1.54) is 12.8 Å². The molecule has 0 unspecified atom stereocenters. The number of hydrogen-bond acceptors (Lipinski definition) is 3. The zero-order chi connectivity index (χ0) is 9.54. The van der Waals surface area contributed by atoms with E-state index in [1.807, 2.05) is 0 Å². The highest BCUT2D eigenvalue weighted by Gasteiger charge is 2.45. The average Bonchev–Trinajstić information content (AvgIpc) is 2.77. The topological polar surface area (TPSA) is 32.7 Å². The summed E-state index contributed by atoms with van der Waals surface area (Å²) < 4.78 is 5.89. The molecule has 3 saturated heterocycles. The average molecular weight is 197 g/mol. The van der Waals surface area contributed by atoms with Gasteiger partial charge in [-0.25, -0.2) is 0 Å². The van der Waals surface area contributed by atoms with Gasteiger partial charge in [-0.1, -0.05) is 0 Å². The molecule has 14 heavy (non-hydrogen) atoms. The molecule has 3 rings (SSSR count). The van der Waals surface area contributed by atoms with Gasteiger partial charge < -0.3 is 9.84 Å². The van der Waals surface area contributed by atoms with Gasteiger partial charge in [-0.05, 0) is 38.8 Å². The van der Waals surface area contributed by atoms with E-state index in [2.05, 4.69) is 4.90 Å². The predicted molar refractivity (Wildman–Crippen MR) is 53.1 cm³/mol. The molecule has 0 amide bonds. The van der Waals surface area contributed by atoms with E-state index in [9.17, 15) is 5.11 Å². The first-order valence-electron chi connectivity index (χ1n) is 5.92. The second-order valence-corrected chi connectivity index (χ2v) is 4.91. The number of rotatable bonds is 1. The van der Waals surface area contributed by atoms with Crippen molar-refractivity contribution in [2.75, 3.05) is 13.1 Å². The monoisotopic (exact) mass is 197 g/mol. The highest BCUT2D eigenvalue weighted by molar-refractivity contribution is 4.97. The van der Waals surface area contributed by atoms with Crippen molar-refractivity contribution in [2.24, 2.45) is 0 Å². The van der Waals surface area contributed by atoms with Gasteiger partial charge in [-0.2, -0.15) is 0 Å². The Morgan fingerprint density at radius 1 is 1.14 bits per heavy atom. The second-order valence-electron chi connectivity index (χ2n) is 4.91. The Morgan fingerprint density at radius 3 is 2.71 bits per heavy atom. The Kier molecular flexibility index (Phi) is 2.26. The Bertz CT molecular complexity index is 213. The minimum atomic E-state index is -0.139. The number of aliphatic hydroxyl groups is 1. The van der Waals surface area contributed by atoms with Crippen LogP contribution in [0.4, 0.5) is 0 Å². The number of fused-ring (bicyclic) bond motifs is 2. The summed E-state index contributed by atoms with van der Waals surface area (Å²) in [5.41, 5.74) is 0. The van der Waals surface area contributed by atoms with Crippen LogP contribution in [0.2, 0.25) is 0 Å². The number of hydrogen-bond donors (Lipinski definition) is 1. The second kappa shape index (κ2) is 3.47. The maximum absolute atomic E-state index is 10.1. The summed E-state index contributed by atoms with van der Waals surface area (Å²) >= 11 is 0. The number of nitrogens with zero attached hydrogens (tertiary/aromatic N) is 1. The smallest absolute Gasteiger partial charge is 0.0760 e. The lowest BCUT2D eigenvalue weighted by Gasteiger charge is -2.39. The summed E-state index contributed by atoms with van der Waals surface area (Å²) in [5, 5.41) is 10.1. The fourth-order valence-electron chi connectivity index (χ4n) is 3.33. The van der Waals surface area contributed by atoms with E-state index < -0.39 is 0 Å². The van der Waals surface area contributed by atoms with Crippen LogP contribution < -0.4 is 0 Å². The lowest BCUT2D eigenvalue weighted by molar-refractivity contribution is -0.109. The van der Waals surface area contributed by atoms with Crippen molar-refractivity contribution in [3.8, 4) is 0 Å². The van der Waals surface area contributed by atoms with E-state index >= 15 is 0 Å². The van der Waals surface area contributed by atoms with Crippen LogP contribution in [0.1, 0.15) is 32.1 Å². The van der Waals surface area contributed by atoms with Crippen LogP contribution in [0, 0.1) is 0 Å². The van der Waals surface area contributed by atoms with Gasteiger partial charge in [0.1, 0.15) is 0 Å². The summed E-state index contributed by atoms with van der Waals surface area (Å²) in [6.07, 6.45) is 6.29. The van der Waals surface area contributed by atoms with E-state index in [4.69, 9.17) is 4.74 Å². The van der Waals surface area contributed by atoms with Crippen molar-refractivity contribution in [3.05, 3.63) is 0 Å². The molecule has 3 aliphatic rings. The fraction of sp³-hybridized carbons (Fsp3) is 1.00. The molecular weight excluding hydrogens is 178 g/mol. The van der Waals surface area contributed by atoms with Gasteiger partial charge in [-0.15, -0.1) is 0 Å². The van der Waals surface area contributed by atoms with Crippen LogP contribution in [-0.2, 0) is 4.74 Å². The molecule has 0 radical (unpaired) electrons. The first-order chi connectivity index (χ1) is 6.84. The van der Waals surface area contributed by atoms with E-state index in [0.29, 0.717) is 18.2 Å². The van der Waals surface area contributed by atoms with Gasteiger partial charge in [0.15, 0.2) is 0 Å². The maximum atomic E-state index is 10.1. The fourth-order valence-corrected chi connectivity index (χ4v) is 3.33. The van der Waals surface area contributed by atoms with Crippen LogP contribution in [0.15, 0.2) is 0 Å². The normalized spacial score (nSPS) is 48.6. The summed E-state index contributed by atoms with van der Waals surface area (Å²) in [6, 6.07) is 0.302. The molecule has 3 heterocycles. The third-order valence-electron chi connectivity index (χ3n) is 3.98. The summed E-state index contributed by atoms with van der Waals surface area (Å²) in [7, 11) is 0. The van der Waals surface area contributed by atoms with Crippen molar-refractivity contribution in [1.82, 2.24) is 4.90 Å². The maximum Gasteiger partial charge on any atom is 0.0760 e. The third kappa shape index (κ3) is 1.38. The molecule has 0 aliphatic carbocycles. The molecule has 3 nitrogen and oxygen atoms in total. The van der Waals surface area contributed by atoms with Crippen LogP contribution >= 0.6 is 0 Å². The summed E-state index contributed by atoms with van der Waals surface area (Å²) in [5.74, 6) is 0. The first-order valence-corrected chi connectivity index (χ1v) is 5.92. The Morgan fingerprint density at radius 2 is 1.93 bits per heavy atom. The van der Waals surface area contributed by atoms with Crippen molar-refractivity contribution in [2.45, 2.75) is 56.5 Å². The highest BCUT2D eigenvalue weighted by atomic mass is 16.5. The van der Waals surface area contributed by atoms with Gasteiger partial charge in [-0.3, -0.25) is 4.90 Å². The van der Waals surface area contributed by atoms with Crippen LogP contribution in [-0.4, -0.2) is 47.4 Å². The zero-order valence-corrected chi connectivity index (χ0v) is 8.56. The van der Waals surface area contributed by atoms with Gasteiger partial charge in [0.2, 0.25) is 0 Å². The molecule has 3 heteroatoms. The Hall–Kier alpha value is -0.120. The molecule has 0 aromatic carbocycles. The van der Waals surface area contributed by atoms with Gasteiger partial charge >= 0.3 is 0 Å². The Labute approximate surface area is 85.0 Å². The quantitative estimate of drug-likeness (QED) is 0.673. The van der Waals surface area contributed by atoms with Crippen molar-refractivity contribution >= 4 is 0 Å². The van der Waals surface area contributed by atoms with Crippen molar-refractivity contribution in [3.63, 3.8) is 0 Å². The van der Waals surface area contributed by atoms with E-state index in [0.717, 1.165) is 32.4 Å². The minimum Gasteiger partial charge on any atom is -0.391 e. The summed E-state index contributed by atoms with van der Waals surface area (Å²) in [6.45, 7) is 2.32. The summed E-state index contributed by atoms with van der Waals surface area (Å²) in [4.78, 5) is 2.44. The SMILES string of the molecule is O[C@H]1C[C@H]2CC[C@H](O2)[C@H]1N1CCCC1. The lowest BCUT2D eigenvalue weighted by Crippen LogP contribution is -2.53. The number of likely N-dealkylation sites (tertiary alicyclic amines) is 1. The molecule has 3 fully saturated rings. The highest BCUT2D eigenvalue weighted by Crippen LogP contribution is 2.36. The van der Waals surface area contributed by atoms with E-state index in [1.54, 1.807) is 0 Å². The van der Waals surface area contributed by atoms with Crippen LogP contribution in [0.25, 0.3) is 0 Å². The minimum absolute atomic E-state index is 0.139. The number of ether oxygens (including phenoxy) is 1. The lowest BCUT2D eigenvalue weighted by atomic mass is 9.99. The molecule has 0 aromatic heterocycles. The molecule has 3 aliphatic heterocycles. The number of aliphatic hydroxyl groups excluding tert-OH is 1. The molecular formula is C11H19NO2. The van der Waals surface area contributed by atoms with Gasteiger partial charge in [0.25, 0.3) is 0 Å². The van der Waals surface area contributed by atoms with Crippen molar-refractivity contribution in [1.29, 1.82) is 0 Å². The third-order valence-corrected chi connectivity index (χ3v) is 3.98. The molecule has 4 atom stereocenters. The zero-order valence-electron chi connectivity index (χ0n) is 8.56. The standard InChI is InChI=1S/C11H19NO2/c13-9-7-8-3-4-10(14-8)11(9)12-5-1-2-6-12/h8-11,13H,1-7H2/t8-,9+,10+,11+/m1/s1.